The second-order valence-corrected chi connectivity index (χ2v) is 6.33. The third-order valence-corrected chi connectivity index (χ3v) is 4.32. The second-order valence-electron chi connectivity index (χ2n) is 5.92. The predicted octanol–water partition coefficient (Wildman–Crippen LogP) is 2.54. The van der Waals surface area contributed by atoms with Crippen molar-refractivity contribution in [2.75, 3.05) is 6.61 Å². The van der Waals surface area contributed by atoms with Crippen LogP contribution in [0.2, 0.25) is 5.02 Å². The molecule has 0 saturated carbocycles. The summed E-state index contributed by atoms with van der Waals surface area (Å²) in [6.07, 6.45) is 0.344. The lowest BCUT2D eigenvalue weighted by molar-refractivity contribution is -0.384. The molecule has 1 heterocycles. The first-order valence-electron chi connectivity index (χ1n) is 8.08. The van der Waals surface area contributed by atoms with Gasteiger partial charge in [0.15, 0.2) is 0 Å². The number of ether oxygens (including phenoxy) is 1. The van der Waals surface area contributed by atoms with Crippen molar-refractivity contribution in [1.29, 1.82) is 0 Å². The normalized spacial score (nSPS) is 12.2. The maximum atomic E-state index is 12.5. The van der Waals surface area contributed by atoms with Crippen LogP contribution < -0.4 is 5.56 Å². The molecule has 0 fully saturated rings. The van der Waals surface area contributed by atoms with E-state index < -0.39 is 16.6 Å². The summed E-state index contributed by atoms with van der Waals surface area (Å²) in [6, 6.07) is 11.1. The third-order valence-electron chi connectivity index (χ3n) is 3.95. The van der Waals surface area contributed by atoms with Crippen molar-refractivity contribution in [2.45, 2.75) is 19.3 Å². The highest BCUT2D eigenvalue weighted by Gasteiger charge is 2.13. The van der Waals surface area contributed by atoms with Gasteiger partial charge in [-0.05, 0) is 17.7 Å². The maximum Gasteiger partial charge on any atom is 0.270 e. The zero-order valence-corrected chi connectivity index (χ0v) is 14.9. The summed E-state index contributed by atoms with van der Waals surface area (Å²) >= 11 is 6.04. The molecule has 27 heavy (non-hydrogen) atoms. The van der Waals surface area contributed by atoms with Crippen LogP contribution in [0.3, 0.4) is 0 Å². The molecule has 9 heteroatoms. The summed E-state index contributed by atoms with van der Waals surface area (Å²) in [6.45, 7) is 0.172. The number of benzene rings is 2. The molecule has 0 saturated heterocycles. The van der Waals surface area contributed by atoms with Crippen LogP contribution in [0.5, 0.6) is 0 Å². The fraction of sp³-hybridized carbons (Fsp3) is 0.222. The molecule has 2 aromatic carbocycles. The SMILES string of the molecule is O=c1c2cc([N+](=O)[O-])ccc2ncn1C[C@H](O)COCc1ccccc1Cl. The minimum atomic E-state index is -0.955. The average Bonchev–Trinajstić information content (AvgIpc) is 2.65. The van der Waals surface area contributed by atoms with Gasteiger partial charge in [0.2, 0.25) is 0 Å². The van der Waals surface area contributed by atoms with Crippen LogP contribution in [0, 0.1) is 10.1 Å². The molecule has 0 spiro atoms. The fourth-order valence-electron chi connectivity index (χ4n) is 2.59. The Morgan fingerprint density at radius 1 is 1.30 bits per heavy atom. The molecule has 3 rings (SSSR count). The monoisotopic (exact) mass is 389 g/mol. The van der Waals surface area contributed by atoms with Crippen molar-refractivity contribution in [3.05, 3.63) is 79.8 Å². The van der Waals surface area contributed by atoms with Crippen molar-refractivity contribution < 1.29 is 14.8 Å². The van der Waals surface area contributed by atoms with Crippen molar-refractivity contribution in [3.63, 3.8) is 0 Å². The number of hydrogen-bond acceptors (Lipinski definition) is 6. The number of aliphatic hydroxyl groups is 1. The first-order chi connectivity index (χ1) is 13.0. The molecule has 1 aromatic heterocycles. The van der Waals surface area contributed by atoms with Gasteiger partial charge < -0.3 is 9.84 Å². The molecule has 0 aliphatic carbocycles. The zero-order chi connectivity index (χ0) is 19.4. The maximum absolute atomic E-state index is 12.5. The van der Waals surface area contributed by atoms with Crippen LogP contribution in [0.4, 0.5) is 5.69 Å². The van der Waals surface area contributed by atoms with Gasteiger partial charge in [-0.25, -0.2) is 4.98 Å². The molecule has 3 aromatic rings. The van der Waals surface area contributed by atoms with E-state index >= 15 is 0 Å². The van der Waals surface area contributed by atoms with E-state index in [9.17, 15) is 20.0 Å². The van der Waals surface area contributed by atoms with Crippen LogP contribution in [0.1, 0.15) is 5.56 Å². The van der Waals surface area contributed by atoms with Crippen LogP contribution >= 0.6 is 11.6 Å². The van der Waals surface area contributed by atoms with Gasteiger partial charge in [-0.2, -0.15) is 0 Å². The number of nitro groups is 1. The zero-order valence-electron chi connectivity index (χ0n) is 14.1. The predicted molar refractivity (Wildman–Crippen MR) is 99.8 cm³/mol. The lowest BCUT2D eigenvalue weighted by atomic mass is 10.2. The Kier molecular flexibility index (Phi) is 5.80. The Morgan fingerprint density at radius 2 is 2.07 bits per heavy atom. The number of hydrogen-bond donors (Lipinski definition) is 1. The number of rotatable bonds is 7. The van der Waals surface area contributed by atoms with Crippen molar-refractivity contribution in [3.8, 4) is 0 Å². The molecule has 8 nitrogen and oxygen atoms in total. The number of aliphatic hydroxyl groups excluding tert-OH is 1. The average molecular weight is 390 g/mol. The highest BCUT2D eigenvalue weighted by molar-refractivity contribution is 6.31. The topological polar surface area (TPSA) is 107 Å². The van der Waals surface area contributed by atoms with E-state index in [1.807, 2.05) is 18.2 Å². The van der Waals surface area contributed by atoms with Gasteiger partial charge in [-0.15, -0.1) is 0 Å². The highest BCUT2D eigenvalue weighted by Crippen LogP contribution is 2.17. The Morgan fingerprint density at radius 3 is 2.81 bits per heavy atom. The standard InChI is InChI=1S/C18H16ClN3O5/c19-16-4-2-1-3-12(16)9-27-10-14(23)8-21-11-20-17-6-5-13(22(25)26)7-15(17)18(21)24/h1-7,11,14,23H,8-10H2/t14-/m0/s1. The molecule has 0 bridgehead atoms. The first kappa shape index (κ1) is 19.0. The van der Waals surface area contributed by atoms with Crippen LogP contribution in [-0.2, 0) is 17.9 Å². The van der Waals surface area contributed by atoms with E-state index in [1.54, 1.807) is 6.07 Å². The second kappa shape index (κ2) is 8.26. The summed E-state index contributed by atoms with van der Waals surface area (Å²) in [7, 11) is 0. The molecular weight excluding hydrogens is 374 g/mol. The molecular formula is C18H16ClN3O5. The number of aromatic nitrogens is 2. The fourth-order valence-corrected chi connectivity index (χ4v) is 2.78. The number of halogens is 1. The number of fused-ring (bicyclic) bond motifs is 1. The van der Waals surface area contributed by atoms with Crippen molar-refractivity contribution in [1.82, 2.24) is 9.55 Å². The highest BCUT2D eigenvalue weighted by atomic mass is 35.5. The quantitative estimate of drug-likeness (QED) is 0.491. The van der Waals surface area contributed by atoms with E-state index in [2.05, 4.69) is 4.98 Å². The lowest BCUT2D eigenvalue weighted by Crippen LogP contribution is -2.29. The summed E-state index contributed by atoms with van der Waals surface area (Å²) < 4.78 is 6.66. The van der Waals surface area contributed by atoms with E-state index in [0.717, 1.165) is 5.56 Å². The lowest BCUT2D eigenvalue weighted by Gasteiger charge is -2.13. The van der Waals surface area contributed by atoms with Crippen LogP contribution in [-0.4, -0.2) is 32.3 Å². The molecule has 0 amide bonds. The molecule has 0 radical (unpaired) electrons. The molecule has 0 unspecified atom stereocenters. The minimum Gasteiger partial charge on any atom is -0.389 e. The number of nitrogens with zero attached hydrogens (tertiary/aromatic N) is 3. The smallest absolute Gasteiger partial charge is 0.270 e. The van der Waals surface area contributed by atoms with E-state index in [0.29, 0.717) is 10.5 Å². The van der Waals surface area contributed by atoms with Crippen molar-refractivity contribution in [2.24, 2.45) is 0 Å². The van der Waals surface area contributed by atoms with Crippen LogP contribution in [0.25, 0.3) is 10.9 Å². The van der Waals surface area contributed by atoms with Gasteiger partial charge in [-0.1, -0.05) is 29.8 Å². The Hall–Kier alpha value is -2.81. The van der Waals surface area contributed by atoms with Gasteiger partial charge in [-0.3, -0.25) is 19.5 Å². The molecule has 0 aliphatic rings. The molecule has 1 N–H and O–H groups in total. The van der Waals surface area contributed by atoms with Gasteiger partial charge in [0.1, 0.15) is 0 Å². The van der Waals surface area contributed by atoms with E-state index in [4.69, 9.17) is 16.3 Å². The summed E-state index contributed by atoms with van der Waals surface area (Å²) in [5.74, 6) is 0. The molecule has 0 aliphatic heterocycles. The van der Waals surface area contributed by atoms with Gasteiger partial charge in [0, 0.05) is 17.2 Å². The van der Waals surface area contributed by atoms with Gasteiger partial charge in [0.05, 0.1) is 48.0 Å². The number of nitro benzene ring substituents is 1. The first-order valence-corrected chi connectivity index (χ1v) is 8.46. The Labute approximate surface area is 158 Å². The minimum absolute atomic E-state index is 0.00929. The summed E-state index contributed by atoms with van der Waals surface area (Å²) in [4.78, 5) is 26.9. The number of non-ortho nitro benzene ring substituents is 1. The Balaban J connectivity index is 1.68. The van der Waals surface area contributed by atoms with Crippen molar-refractivity contribution >= 4 is 28.2 Å². The molecule has 140 valence electrons. The summed E-state index contributed by atoms with van der Waals surface area (Å²) in [5.41, 5.74) is 0.492. The Bertz CT molecular complexity index is 1040. The molecule has 1 atom stereocenters. The van der Waals surface area contributed by atoms with E-state index in [1.165, 1.54) is 29.1 Å². The van der Waals surface area contributed by atoms with Gasteiger partial charge >= 0.3 is 0 Å². The largest absolute Gasteiger partial charge is 0.389 e. The van der Waals surface area contributed by atoms with Crippen LogP contribution in [0.15, 0.2) is 53.6 Å². The van der Waals surface area contributed by atoms with Gasteiger partial charge in [0.25, 0.3) is 11.2 Å². The summed E-state index contributed by atoms with van der Waals surface area (Å²) in [5, 5.41) is 21.7. The third kappa shape index (κ3) is 4.48. The van der Waals surface area contributed by atoms with E-state index in [-0.39, 0.29) is 30.8 Å².